The number of hydrogen-bond acceptors (Lipinski definition) is 4. The van der Waals surface area contributed by atoms with Gasteiger partial charge >= 0.3 is 0 Å². The van der Waals surface area contributed by atoms with E-state index < -0.39 is 0 Å². The fourth-order valence-corrected chi connectivity index (χ4v) is 4.03. The van der Waals surface area contributed by atoms with Crippen LogP contribution in [0.25, 0.3) is 0 Å². The first-order valence-electron chi connectivity index (χ1n) is 8.06. The van der Waals surface area contributed by atoms with E-state index in [4.69, 9.17) is 4.52 Å². The van der Waals surface area contributed by atoms with Gasteiger partial charge in [-0.15, -0.1) is 11.8 Å². The molecule has 1 fully saturated rings. The number of rotatable bonds is 4. The van der Waals surface area contributed by atoms with Gasteiger partial charge in [0.1, 0.15) is 5.76 Å². The molecule has 4 nitrogen and oxygen atoms in total. The lowest BCUT2D eigenvalue weighted by Crippen LogP contribution is -2.38. The molecule has 1 aliphatic heterocycles. The van der Waals surface area contributed by atoms with Crippen LogP contribution in [0.5, 0.6) is 0 Å². The Labute approximate surface area is 130 Å². The zero-order valence-electron chi connectivity index (χ0n) is 12.8. The van der Waals surface area contributed by atoms with Gasteiger partial charge < -0.3 is 9.42 Å². The molecule has 1 amide bonds. The van der Waals surface area contributed by atoms with Crippen molar-refractivity contribution in [1.82, 2.24) is 10.1 Å². The molecular formula is C16H24N2O2S. The van der Waals surface area contributed by atoms with Crippen LogP contribution in [-0.2, 0) is 23.4 Å². The second-order valence-electron chi connectivity index (χ2n) is 6.29. The van der Waals surface area contributed by atoms with E-state index in [0.29, 0.717) is 5.75 Å². The Morgan fingerprint density at radius 3 is 2.90 bits per heavy atom. The smallest absolute Gasteiger partial charge is 0.232 e. The number of aryl methyl sites for hydroxylation is 1. The van der Waals surface area contributed by atoms with Gasteiger partial charge in [-0.25, -0.2) is 0 Å². The molecule has 1 aromatic rings. The van der Waals surface area contributed by atoms with E-state index >= 15 is 0 Å². The second-order valence-corrected chi connectivity index (χ2v) is 7.28. The first kappa shape index (κ1) is 14.9. The molecule has 21 heavy (non-hydrogen) atoms. The highest BCUT2D eigenvalue weighted by Gasteiger charge is 2.22. The average Bonchev–Trinajstić information content (AvgIpc) is 2.91. The molecule has 0 bridgehead atoms. The lowest BCUT2D eigenvalue weighted by molar-refractivity contribution is -0.129. The van der Waals surface area contributed by atoms with Crippen molar-refractivity contribution in [3.63, 3.8) is 0 Å². The molecule has 0 N–H and O–H groups in total. The maximum absolute atomic E-state index is 12.2. The Morgan fingerprint density at radius 1 is 1.33 bits per heavy atom. The first-order chi connectivity index (χ1) is 10.2. The summed E-state index contributed by atoms with van der Waals surface area (Å²) in [5.41, 5.74) is 2.38. The predicted octanol–water partition coefficient (Wildman–Crippen LogP) is 3.05. The van der Waals surface area contributed by atoms with Crippen LogP contribution in [0.2, 0.25) is 0 Å². The van der Waals surface area contributed by atoms with Gasteiger partial charge in [0.15, 0.2) is 0 Å². The third-order valence-corrected chi connectivity index (χ3v) is 5.56. The Hall–Kier alpha value is -0.970. The highest BCUT2D eigenvalue weighted by Crippen LogP contribution is 2.27. The summed E-state index contributed by atoms with van der Waals surface area (Å²) < 4.78 is 5.41. The van der Waals surface area contributed by atoms with Gasteiger partial charge in [0.05, 0.1) is 11.4 Å². The normalized spacial score (nSPS) is 19.6. The molecule has 2 aliphatic rings. The molecular weight excluding hydrogens is 284 g/mol. The number of nitrogens with zero attached hydrogens (tertiary/aromatic N) is 2. The van der Waals surface area contributed by atoms with Crippen molar-refractivity contribution >= 4 is 17.7 Å². The quantitative estimate of drug-likeness (QED) is 0.857. The van der Waals surface area contributed by atoms with Crippen LogP contribution < -0.4 is 0 Å². The summed E-state index contributed by atoms with van der Waals surface area (Å²) in [5.74, 6) is 3.49. The van der Waals surface area contributed by atoms with Crippen molar-refractivity contribution < 1.29 is 9.32 Å². The summed E-state index contributed by atoms with van der Waals surface area (Å²) in [4.78, 5) is 14.2. The van der Waals surface area contributed by atoms with Crippen LogP contribution >= 0.6 is 11.8 Å². The maximum atomic E-state index is 12.2. The standard InChI is InChI=1S/C16H24N2O2S/c1-12-6-8-18(9-7-12)16(19)11-21-10-14-13-4-2-3-5-15(13)20-17-14/h12H,2-11H2,1H3. The summed E-state index contributed by atoms with van der Waals surface area (Å²) in [6.07, 6.45) is 6.85. The molecule has 1 aromatic heterocycles. The summed E-state index contributed by atoms with van der Waals surface area (Å²) in [7, 11) is 0. The van der Waals surface area contributed by atoms with E-state index in [1.165, 1.54) is 18.4 Å². The topological polar surface area (TPSA) is 46.3 Å². The largest absolute Gasteiger partial charge is 0.361 e. The molecule has 2 heterocycles. The number of carbonyl (C=O) groups excluding carboxylic acids is 1. The van der Waals surface area contributed by atoms with Gasteiger partial charge in [0, 0.05) is 30.8 Å². The summed E-state index contributed by atoms with van der Waals surface area (Å²) in [6.45, 7) is 4.13. The highest BCUT2D eigenvalue weighted by atomic mass is 32.2. The van der Waals surface area contributed by atoms with Crippen LogP contribution in [0.4, 0.5) is 0 Å². The number of carbonyl (C=O) groups is 1. The van der Waals surface area contributed by atoms with E-state index in [1.54, 1.807) is 11.8 Å². The van der Waals surface area contributed by atoms with Gasteiger partial charge in [-0.1, -0.05) is 12.1 Å². The fraction of sp³-hybridized carbons (Fsp3) is 0.750. The van der Waals surface area contributed by atoms with Crippen LogP contribution in [0.15, 0.2) is 4.52 Å². The SMILES string of the molecule is CC1CCN(C(=O)CSCc2noc3c2CCCC3)CC1. The molecule has 0 unspecified atom stereocenters. The van der Waals surface area contributed by atoms with Gasteiger partial charge in [0.2, 0.25) is 5.91 Å². The Kier molecular flexibility index (Phi) is 4.88. The second kappa shape index (κ2) is 6.86. The molecule has 0 spiro atoms. The maximum Gasteiger partial charge on any atom is 0.232 e. The van der Waals surface area contributed by atoms with E-state index in [2.05, 4.69) is 12.1 Å². The highest BCUT2D eigenvalue weighted by molar-refractivity contribution is 7.99. The minimum Gasteiger partial charge on any atom is -0.361 e. The van der Waals surface area contributed by atoms with Crippen molar-refractivity contribution in [2.24, 2.45) is 5.92 Å². The van der Waals surface area contributed by atoms with Crippen LogP contribution in [0.3, 0.4) is 0 Å². The summed E-state index contributed by atoms with van der Waals surface area (Å²) in [6, 6.07) is 0. The molecule has 5 heteroatoms. The lowest BCUT2D eigenvalue weighted by atomic mass is 9.97. The van der Waals surface area contributed by atoms with Crippen molar-refractivity contribution in [1.29, 1.82) is 0 Å². The number of hydrogen-bond donors (Lipinski definition) is 0. The third-order valence-electron chi connectivity index (χ3n) is 4.63. The van der Waals surface area contributed by atoms with Crippen molar-refractivity contribution in [3.8, 4) is 0 Å². The number of piperidine rings is 1. The average molecular weight is 308 g/mol. The minimum atomic E-state index is 0.282. The predicted molar refractivity (Wildman–Crippen MR) is 84.3 cm³/mol. The molecule has 116 valence electrons. The van der Waals surface area contributed by atoms with Crippen LogP contribution in [0, 0.1) is 5.92 Å². The van der Waals surface area contributed by atoms with Crippen molar-refractivity contribution in [3.05, 3.63) is 17.0 Å². The number of likely N-dealkylation sites (tertiary alicyclic amines) is 1. The van der Waals surface area contributed by atoms with Gasteiger partial charge in [-0.05, 0) is 38.0 Å². The fourth-order valence-electron chi connectivity index (χ4n) is 3.15. The molecule has 1 saturated heterocycles. The Morgan fingerprint density at radius 2 is 2.10 bits per heavy atom. The lowest BCUT2D eigenvalue weighted by Gasteiger charge is -2.30. The zero-order chi connectivity index (χ0) is 14.7. The zero-order valence-corrected chi connectivity index (χ0v) is 13.6. The third kappa shape index (κ3) is 3.62. The molecule has 1 aliphatic carbocycles. The number of aromatic nitrogens is 1. The molecule has 0 radical (unpaired) electrons. The van der Waals surface area contributed by atoms with Gasteiger partial charge in [-0.3, -0.25) is 4.79 Å². The number of amides is 1. The van der Waals surface area contributed by atoms with Gasteiger partial charge in [-0.2, -0.15) is 0 Å². The van der Waals surface area contributed by atoms with Crippen molar-refractivity contribution in [2.75, 3.05) is 18.8 Å². The summed E-state index contributed by atoms with van der Waals surface area (Å²) in [5, 5.41) is 4.20. The number of fused-ring (bicyclic) bond motifs is 1. The monoisotopic (exact) mass is 308 g/mol. The molecule has 0 atom stereocenters. The first-order valence-corrected chi connectivity index (χ1v) is 9.21. The molecule has 3 rings (SSSR count). The van der Waals surface area contributed by atoms with E-state index in [1.807, 2.05) is 4.90 Å². The van der Waals surface area contributed by atoms with Gasteiger partial charge in [0.25, 0.3) is 0 Å². The van der Waals surface area contributed by atoms with Crippen LogP contribution in [0.1, 0.15) is 49.6 Å². The van der Waals surface area contributed by atoms with E-state index in [9.17, 15) is 4.79 Å². The molecule has 0 aromatic carbocycles. The van der Waals surface area contributed by atoms with Crippen LogP contribution in [-0.4, -0.2) is 34.8 Å². The number of thioether (sulfide) groups is 1. The van der Waals surface area contributed by atoms with E-state index in [-0.39, 0.29) is 5.91 Å². The Bertz CT molecular complexity index is 492. The van der Waals surface area contributed by atoms with Crippen molar-refractivity contribution in [2.45, 2.75) is 51.2 Å². The van der Waals surface area contributed by atoms with E-state index in [0.717, 1.165) is 61.9 Å². The minimum absolute atomic E-state index is 0.282. The molecule has 0 saturated carbocycles. The Balaban J connectivity index is 1.45. The summed E-state index contributed by atoms with van der Waals surface area (Å²) >= 11 is 1.67.